The molecule has 0 saturated heterocycles. The lowest BCUT2D eigenvalue weighted by atomic mass is 10.0. The van der Waals surface area contributed by atoms with E-state index in [9.17, 15) is 4.79 Å². The van der Waals surface area contributed by atoms with Gasteiger partial charge < -0.3 is 19.5 Å². The topological polar surface area (TPSA) is 98.4 Å². The van der Waals surface area contributed by atoms with Crippen LogP contribution in [-0.2, 0) is 0 Å². The van der Waals surface area contributed by atoms with Crippen molar-refractivity contribution >= 4 is 22.5 Å². The molecule has 0 atom stereocenters. The standard InChI is InChI=1S/C26H18N4O4/c31-26(28-18-7-9-23-24(12-18)33-15-32-23)25-21-11-16(6-8-22(21)29-30-25)17-10-20(14-27-13-17)34-19-4-2-1-3-5-19/h1-14H,15H2,(H,28,31)(H,29,30). The van der Waals surface area contributed by atoms with Gasteiger partial charge in [-0.2, -0.15) is 5.10 Å². The number of ether oxygens (including phenoxy) is 3. The highest BCUT2D eigenvalue weighted by Gasteiger charge is 2.18. The summed E-state index contributed by atoms with van der Waals surface area (Å²) in [5, 5.41) is 10.7. The number of nitrogens with one attached hydrogen (secondary N) is 2. The highest BCUT2D eigenvalue weighted by atomic mass is 16.7. The maximum atomic E-state index is 13.0. The number of H-pyrrole nitrogens is 1. The predicted molar refractivity (Wildman–Crippen MR) is 126 cm³/mol. The normalized spacial score (nSPS) is 12.0. The first-order chi connectivity index (χ1) is 16.7. The van der Waals surface area contributed by atoms with Gasteiger partial charge in [0.1, 0.15) is 11.5 Å². The Hall–Kier alpha value is -4.85. The molecule has 0 aliphatic carbocycles. The van der Waals surface area contributed by atoms with Crippen LogP contribution in [0.2, 0.25) is 0 Å². The van der Waals surface area contributed by atoms with Gasteiger partial charge in [-0.15, -0.1) is 0 Å². The van der Waals surface area contributed by atoms with Crippen molar-refractivity contribution < 1.29 is 19.0 Å². The molecule has 0 unspecified atom stereocenters. The minimum absolute atomic E-state index is 0.173. The second kappa shape index (κ2) is 8.25. The van der Waals surface area contributed by atoms with Gasteiger partial charge in [-0.1, -0.05) is 24.3 Å². The van der Waals surface area contributed by atoms with Crippen LogP contribution in [0.3, 0.4) is 0 Å². The van der Waals surface area contributed by atoms with Crippen LogP contribution < -0.4 is 19.5 Å². The number of hydrogen-bond donors (Lipinski definition) is 2. The van der Waals surface area contributed by atoms with E-state index < -0.39 is 0 Å². The predicted octanol–water partition coefficient (Wildman–Crippen LogP) is 5.40. The number of fused-ring (bicyclic) bond motifs is 2. The number of para-hydroxylation sites is 1. The summed E-state index contributed by atoms with van der Waals surface area (Å²) in [5.74, 6) is 2.27. The second-order valence-electron chi connectivity index (χ2n) is 7.68. The van der Waals surface area contributed by atoms with Crippen LogP contribution in [0.4, 0.5) is 5.69 Å². The van der Waals surface area contributed by atoms with Crippen LogP contribution in [0.5, 0.6) is 23.0 Å². The van der Waals surface area contributed by atoms with Crippen LogP contribution in [0, 0.1) is 0 Å². The lowest BCUT2D eigenvalue weighted by Gasteiger charge is -2.08. The molecule has 0 bridgehead atoms. The molecule has 5 aromatic rings. The number of hydrogen-bond acceptors (Lipinski definition) is 6. The van der Waals surface area contributed by atoms with Gasteiger partial charge in [0.05, 0.1) is 11.7 Å². The fourth-order valence-corrected chi connectivity index (χ4v) is 3.79. The van der Waals surface area contributed by atoms with Gasteiger partial charge in [0.15, 0.2) is 17.2 Å². The number of amides is 1. The third-order valence-electron chi connectivity index (χ3n) is 5.43. The zero-order chi connectivity index (χ0) is 22.9. The average Bonchev–Trinajstić information content (AvgIpc) is 3.51. The number of benzene rings is 3. The monoisotopic (exact) mass is 450 g/mol. The molecule has 2 aromatic heterocycles. The van der Waals surface area contributed by atoms with E-state index in [1.807, 2.05) is 54.6 Å². The summed E-state index contributed by atoms with van der Waals surface area (Å²) < 4.78 is 16.6. The number of anilines is 1. The van der Waals surface area contributed by atoms with E-state index >= 15 is 0 Å². The summed E-state index contributed by atoms with van der Waals surface area (Å²) in [6, 6.07) is 22.4. The molecule has 0 radical (unpaired) electrons. The van der Waals surface area contributed by atoms with E-state index in [0.29, 0.717) is 34.0 Å². The third kappa shape index (κ3) is 3.77. The molecule has 1 aliphatic rings. The summed E-state index contributed by atoms with van der Waals surface area (Å²) in [4.78, 5) is 17.3. The molecule has 1 amide bonds. The molecule has 166 valence electrons. The lowest BCUT2D eigenvalue weighted by Crippen LogP contribution is -2.12. The van der Waals surface area contributed by atoms with Crippen molar-refractivity contribution in [1.29, 1.82) is 0 Å². The molecule has 2 N–H and O–H groups in total. The Kier molecular flexibility index (Phi) is 4.81. The van der Waals surface area contributed by atoms with Crippen LogP contribution in [0.15, 0.2) is 85.2 Å². The summed E-state index contributed by atoms with van der Waals surface area (Å²) in [6.45, 7) is 0.173. The van der Waals surface area contributed by atoms with Crippen molar-refractivity contribution in [1.82, 2.24) is 15.2 Å². The lowest BCUT2D eigenvalue weighted by molar-refractivity contribution is 0.102. The summed E-state index contributed by atoms with van der Waals surface area (Å²) in [6.07, 6.45) is 3.42. The highest BCUT2D eigenvalue weighted by Crippen LogP contribution is 2.34. The average molecular weight is 450 g/mol. The number of nitrogens with zero attached hydrogens (tertiary/aromatic N) is 2. The van der Waals surface area contributed by atoms with E-state index in [4.69, 9.17) is 14.2 Å². The van der Waals surface area contributed by atoms with E-state index in [0.717, 1.165) is 22.4 Å². The Morgan fingerprint density at radius 3 is 2.68 bits per heavy atom. The summed E-state index contributed by atoms with van der Waals surface area (Å²) in [7, 11) is 0. The van der Waals surface area contributed by atoms with Gasteiger partial charge in [-0.25, -0.2) is 0 Å². The summed E-state index contributed by atoms with van der Waals surface area (Å²) >= 11 is 0. The molecule has 6 rings (SSSR count). The van der Waals surface area contributed by atoms with E-state index in [-0.39, 0.29) is 12.7 Å². The Labute approximate surface area is 194 Å². The van der Waals surface area contributed by atoms with Gasteiger partial charge in [0.25, 0.3) is 5.91 Å². The van der Waals surface area contributed by atoms with Gasteiger partial charge in [0.2, 0.25) is 6.79 Å². The molecular weight excluding hydrogens is 432 g/mol. The third-order valence-corrected chi connectivity index (χ3v) is 5.43. The molecular formula is C26H18N4O4. The van der Waals surface area contributed by atoms with Gasteiger partial charge in [-0.05, 0) is 48.0 Å². The zero-order valence-corrected chi connectivity index (χ0v) is 17.8. The quantitative estimate of drug-likeness (QED) is 0.372. The second-order valence-corrected chi connectivity index (χ2v) is 7.68. The van der Waals surface area contributed by atoms with Crippen molar-refractivity contribution in [3.05, 3.63) is 90.9 Å². The Bertz CT molecular complexity index is 1510. The van der Waals surface area contributed by atoms with Gasteiger partial charge in [-0.3, -0.25) is 14.9 Å². The first kappa shape index (κ1) is 19.8. The van der Waals surface area contributed by atoms with Gasteiger partial charge >= 0.3 is 0 Å². The molecule has 8 heteroatoms. The molecule has 0 spiro atoms. The van der Waals surface area contributed by atoms with Crippen LogP contribution in [0.25, 0.3) is 22.0 Å². The molecule has 0 saturated carbocycles. The van der Waals surface area contributed by atoms with E-state index in [1.54, 1.807) is 30.6 Å². The minimum Gasteiger partial charge on any atom is -0.456 e. The van der Waals surface area contributed by atoms with Crippen molar-refractivity contribution in [3.63, 3.8) is 0 Å². The molecule has 3 heterocycles. The number of carbonyl (C=O) groups excluding carboxylic acids is 1. The maximum absolute atomic E-state index is 13.0. The fraction of sp³-hybridized carbons (Fsp3) is 0.0385. The van der Waals surface area contributed by atoms with Crippen molar-refractivity contribution in [2.24, 2.45) is 0 Å². The minimum atomic E-state index is -0.332. The number of pyridine rings is 1. The highest BCUT2D eigenvalue weighted by molar-refractivity contribution is 6.11. The first-order valence-corrected chi connectivity index (χ1v) is 10.6. The number of aromatic nitrogens is 3. The first-order valence-electron chi connectivity index (χ1n) is 10.6. The smallest absolute Gasteiger partial charge is 0.276 e. The Morgan fingerprint density at radius 2 is 1.76 bits per heavy atom. The van der Waals surface area contributed by atoms with Crippen molar-refractivity contribution in [2.45, 2.75) is 0 Å². The number of rotatable bonds is 5. The van der Waals surface area contributed by atoms with Crippen LogP contribution in [-0.4, -0.2) is 27.9 Å². The maximum Gasteiger partial charge on any atom is 0.276 e. The fourth-order valence-electron chi connectivity index (χ4n) is 3.79. The van der Waals surface area contributed by atoms with Crippen molar-refractivity contribution in [3.8, 4) is 34.1 Å². The molecule has 34 heavy (non-hydrogen) atoms. The summed E-state index contributed by atoms with van der Waals surface area (Å²) in [5.41, 5.74) is 3.38. The van der Waals surface area contributed by atoms with Gasteiger partial charge in [0, 0.05) is 28.9 Å². The molecule has 0 fully saturated rings. The molecule has 8 nitrogen and oxygen atoms in total. The Balaban J connectivity index is 1.28. The van der Waals surface area contributed by atoms with E-state index in [1.165, 1.54) is 0 Å². The SMILES string of the molecule is O=C(Nc1ccc2c(c1)OCO2)c1n[nH]c2ccc(-c3cncc(Oc4ccccc4)c3)cc12. The number of carbonyl (C=O) groups is 1. The Morgan fingerprint density at radius 1 is 0.882 bits per heavy atom. The van der Waals surface area contributed by atoms with Crippen LogP contribution in [0.1, 0.15) is 10.5 Å². The van der Waals surface area contributed by atoms with E-state index in [2.05, 4.69) is 20.5 Å². The largest absolute Gasteiger partial charge is 0.456 e. The zero-order valence-electron chi connectivity index (χ0n) is 17.8. The van der Waals surface area contributed by atoms with Crippen molar-refractivity contribution in [2.75, 3.05) is 12.1 Å². The molecule has 3 aromatic carbocycles. The van der Waals surface area contributed by atoms with Crippen LogP contribution >= 0.6 is 0 Å². The molecule has 1 aliphatic heterocycles. The number of aromatic amines is 1.